The number of pyridine rings is 2. The number of aliphatic hydroxyl groups is 1. The van der Waals surface area contributed by atoms with E-state index in [9.17, 15) is 14.7 Å². The maximum atomic E-state index is 12.8. The number of fused-ring (bicyclic) bond motifs is 3. The van der Waals surface area contributed by atoms with E-state index in [4.69, 9.17) is 5.73 Å². The molecule has 10 heteroatoms. The average Bonchev–Trinajstić information content (AvgIpc) is 3.33. The van der Waals surface area contributed by atoms with Gasteiger partial charge in [-0.2, -0.15) is 0 Å². The van der Waals surface area contributed by atoms with Gasteiger partial charge in [-0.1, -0.05) is 0 Å². The first-order valence-corrected chi connectivity index (χ1v) is 11.5. The lowest BCUT2D eigenvalue weighted by Crippen LogP contribution is -2.54. The highest BCUT2D eigenvalue weighted by molar-refractivity contribution is 6.09. The van der Waals surface area contributed by atoms with Gasteiger partial charge < -0.3 is 30.9 Å². The number of urea groups is 1. The first kappa shape index (κ1) is 21.4. The Morgan fingerprint density at radius 2 is 2.00 bits per heavy atom. The van der Waals surface area contributed by atoms with Crippen LogP contribution in [0.1, 0.15) is 19.3 Å². The van der Waals surface area contributed by atoms with Gasteiger partial charge in [-0.05, 0) is 31.4 Å². The second-order valence-corrected chi connectivity index (χ2v) is 8.99. The lowest BCUT2D eigenvalue weighted by molar-refractivity contribution is -0.125. The number of carbonyl (C=O) groups excluding carboxylic acids is 2. The summed E-state index contributed by atoms with van der Waals surface area (Å²) in [6.45, 7) is 2.31. The highest BCUT2D eigenvalue weighted by Gasteiger charge is 2.35. The van der Waals surface area contributed by atoms with E-state index in [1.54, 1.807) is 11.1 Å². The van der Waals surface area contributed by atoms with Crippen LogP contribution in [0.2, 0.25) is 0 Å². The third kappa shape index (κ3) is 4.06. The number of aliphatic hydroxyl groups excluding tert-OH is 1. The number of rotatable bonds is 4. The second-order valence-electron chi connectivity index (χ2n) is 8.99. The van der Waals surface area contributed by atoms with Crippen molar-refractivity contribution in [3.63, 3.8) is 0 Å². The zero-order valence-electron chi connectivity index (χ0n) is 18.4. The van der Waals surface area contributed by atoms with Gasteiger partial charge in [0, 0.05) is 79.5 Å². The van der Waals surface area contributed by atoms with Crippen LogP contribution in [0, 0.1) is 11.8 Å². The number of anilines is 1. The van der Waals surface area contributed by atoms with Crippen molar-refractivity contribution in [2.75, 3.05) is 37.7 Å². The van der Waals surface area contributed by atoms with Crippen molar-refractivity contribution < 1.29 is 14.7 Å². The molecule has 2 aliphatic rings. The molecule has 2 atom stereocenters. The monoisotopic (exact) mass is 451 g/mol. The minimum Gasteiger partial charge on any atom is -0.396 e. The molecule has 5 N–H and O–H groups in total. The SMILES string of the molecule is NC(=O)C1CCN(C(=O)NC2CCN(c3cc[nH]c4cnc5nccc5c34)CC2)CC1CO. The number of aromatic nitrogens is 3. The molecule has 2 aliphatic heterocycles. The number of aromatic amines is 1. The first-order chi connectivity index (χ1) is 16.0. The third-order valence-corrected chi connectivity index (χ3v) is 7.05. The molecule has 0 aliphatic carbocycles. The molecule has 3 amide bonds. The van der Waals surface area contributed by atoms with Crippen molar-refractivity contribution >= 4 is 39.6 Å². The van der Waals surface area contributed by atoms with Crippen molar-refractivity contribution in [3.8, 4) is 0 Å². The molecule has 0 radical (unpaired) electrons. The van der Waals surface area contributed by atoms with Crippen LogP contribution in [-0.4, -0.2) is 75.7 Å². The number of hydrogen-bond donors (Lipinski definition) is 4. The number of piperidine rings is 2. The van der Waals surface area contributed by atoms with E-state index in [0.29, 0.717) is 19.5 Å². The van der Waals surface area contributed by atoms with E-state index in [2.05, 4.69) is 31.2 Å². The van der Waals surface area contributed by atoms with Gasteiger partial charge >= 0.3 is 6.03 Å². The van der Waals surface area contributed by atoms with E-state index in [0.717, 1.165) is 53.6 Å². The van der Waals surface area contributed by atoms with Crippen LogP contribution in [0.5, 0.6) is 0 Å². The molecule has 2 fully saturated rings. The highest BCUT2D eigenvalue weighted by Crippen LogP contribution is 2.32. The van der Waals surface area contributed by atoms with E-state index >= 15 is 0 Å². The molecular formula is C23H29N7O3. The number of primary amides is 1. The molecule has 2 unspecified atom stereocenters. The Balaban J connectivity index is 1.23. The lowest BCUT2D eigenvalue weighted by atomic mass is 9.85. The normalized spacial score (nSPS) is 22.1. The zero-order chi connectivity index (χ0) is 22.9. The summed E-state index contributed by atoms with van der Waals surface area (Å²) in [4.78, 5) is 40.5. The number of nitrogens with two attached hydrogens (primary N) is 1. The molecule has 3 aromatic heterocycles. The Morgan fingerprint density at radius 1 is 1.18 bits per heavy atom. The second kappa shape index (κ2) is 8.86. The molecule has 0 aromatic carbocycles. The zero-order valence-corrected chi connectivity index (χ0v) is 18.4. The summed E-state index contributed by atoms with van der Waals surface area (Å²) < 4.78 is 0. The molecule has 0 spiro atoms. The molecule has 5 heterocycles. The Kier molecular flexibility index (Phi) is 5.76. The van der Waals surface area contributed by atoms with Crippen LogP contribution in [0.15, 0.2) is 30.7 Å². The van der Waals surface area contributed by atoms with Crippen LogP contribution in [0.25, 0.3) is 21.9 Å². The summed E-state index contributed by atoms with van der Waals surface area (Å²) in [5, 5.41) is 14.9. The number of carbonyl (C=O) groups is 2. The number of nitrogens with zero attached hydrogens (tertiary/aromatic N) is 4. The third-order valence-electron chi connectivity index (χ3n) is 7.05. The maximum absolute atomic E-state index is 12.8. The van der Waals surface area contributed by atoms with E-state index in [1.165, 1.54) is 0 Å². The Bertz CT molecular complexity index is 1170. The molecule has 2 saturated heterocycles. The smallest absolute Gasteiger partial charge is 0.317 e. The topological polar surface area (TPSA) is 140 Å². The van der Waals surface area contributed by atoms with Crippen LogP contribution < -0.4 is 16.0 Å². The van der Waals surface area contributed by atoms with Crippen LogP contribution in [0.3, 0.4) is 0 Å². The van der Waals surface area contributed by atoms with Gasteiger partial charge in [0.25, 0.3) is 0 Å². The van der Waals surface area contributed by atoms with E-state index < -0.39 is 5.91 Å². The molecule has 0 bridgehead atoms. The predicted octanol–water partition coefficient (Wildman–Crippen LogP) is 1.21. The van der Waals surface area contributed by atoms with Gasteiger partial charge in [0.2, 0.25) is 5.91 Å². The van der Waals surface area contributed by atoms with Crippen molar-refractivity contribution in [2.45, 2.75) is 25.3 Å². The Hall–Kier alpha value is -3.40. The van der Waals surface area contributed by atoms with Crippen LogP contribution >= 0.6 is 0 Å². The lowest BCUT2D eigenvalue weighted by Gasteiger charge is -2.38. The number of H-pyrrole nitrogens is 1. The van der Waals surface area contributed by atoms with Crippen molar-refractivity contribution in [2.24, 2.45) is 17.6 Å². The summed E-state index contributed by atoms with van der Waals surface area (Å²) in [7, 11) is 0. The van der Waals surface area contributed by atoms with Crippen LogP contribution in [0.4, 0.5) is 10.5 Å². The summed E-state index contributed by atoms with van der Waals surface area (Å²) in [5.41, 5.74) is 8.30. The fraction of sp³-hybridized carbons (Fsp3) is 0.478. The van der Waals surface area contributed by atoms with E-state index in [1.807, 2.05) is 18.5 Å². The molecule has 10 nitrogen and oxygen atoms in total. The molecular weight excluding hydrogens is 422 g/mol. The minimum absolute atomic E-state index is 0.0824. The van der Waals surface area contributed by atoms with E-state index in [-0.39, 0.29) is 30.5 Å². The fourth-order valence-electron chi connectivity index (χ4n) is 5.21. The first-order valence-electron chi connectivity index (χ1n) is 11.5. The predicted molar refractivity (Wildman–Crippen MR) is 125 cm³/mol. The highest BCUT2D eigenvalue weighted by atomic mass is 16.3. The standard InChI is InChI=1S/C23H29N7O3/c24-21(32)16-5-10-30(12-14(16)13-31)23(33)28-15-3-8-29(9-4-15)19-2-7-25-18-11-27-22-17(20(18)19)1-6-26-22/h1-2,6-7,11,14-16,25,31H,3-5,8-10,12-13H2,(H2,24,32)(H,28,33). The minimum atomic E-state index is -0.405. The average molecular weight is 452 g/mol. The van der Waals surface area contributed by atoms with Gasteiger partial charge in [-0.3, -0.25) is 4.79 Å². The number of nitrogens with one attached hydrogen (secondary N) is 2. The molecule has 3 aromatic rings. The largest absolute Gasteiger partial charge is 0.396 e. The molecule has 0 saturated carbocycles. The van der Waals surface area contributed by atoms with Gasteiger partial charge in [0.05, 0.1) is 11.7 Å². The molecule has 33 heavy (non-hydrogen) atoms. The number of likely N-dealkylation sites (tertiary alicyclic amines) is 1. The van der Waals surface area contributed by atoms with Gasteiger partial charge in [0.1, 0.15) is 0 Å². The summed E-state index contributed by atoms with van der Waals surface area (Å²) in [5.74, 6) is -1.08. The Labute approximate surface area is 191 Å². The number of amides is 3. The Morgan fingerprint density at radius 3 is 2.76 bits per heavy atom. The molecule has 5 rings (SSSR count). The quantitative estimate of drug-likeness (QED) is 0.470. The van der Waals surface area contributed by atoms with Gasteiger partial charge in [-0.15, -0.1) is 0 Å². The summed E-state index contributed by atoms with van der Waals surface area (Å²) in [6.07, 6.45) is 7.69. The van der Waals surface area contributed by atoms with Crippen molar-refractivity contribution in [1.82, 2.24) is 25.2 Å². The van der Waals surface area contributed by atoms with Gasteiger partial charge in [0.15, 0.2) is 5.65 Å². The summed E-state index contributed by atoms with van der Waals surface area (Å²) in [6, 6.07) is 4.03. The van der Waals surface area contributed by atoms with Crippen molar-refractivity contribution in [1.29, 1.82) is 0 Å². The fourth-order valence-corrected chi connectivity index (χ4v) is 5.21. The van der Waals surface area contributed by atoms with Crippen molar-refractivity contribution in [3.05, 3.63) is 30.7 Å². The molecule has 174 valence electrons. The summed E-state index contributed by atoms with van der Waals surface area (Å²) >= 11 is 0. The maximum Gasteiger partial charge on any atom is 0.317 e. The number of hydrogen-bond acceptors (Lipinski definition) is 6. The van der Waals surface area contributed by atoms with Gasteiger partial charge in [-0.25, -0.2) is 14.8 Å². The van der Waals surface area contributed by atoms with Crippen LogP contribution in [-0.2, 0) is 4.79 Å².